The van der Waals surface area contributed by atoms with E-state index in [0.717, 1.165) is 68.4 Å². The summed E-state index contributed by atoms with van der Waals surface area (Å²) in [5.41, 5.74) is 10.5. The second-order valence-corrected chi connectivity index (χ2v) is 15.6. The van der Waals surface area contributed by atoms with Crippen LogP contribution in [0.2, 0.25) is 5.02 Å². The minimum Gasteiger partial charge on any atom is -0.481 e. The number of nitrogens with two attached hydrogens (primary N) is 1. The van der Waals surface area contributed by atoms with Crippen molar-refractivity contribution in [2.45, 2.75) is 125 Å². The molecule has 0 saturated carbocycles. The maximum atomic E-state index is 15.3. The molecule has 0 bridgehead atoms. The van der Waals surface area contributed by atoms with Gasteiger partial charge in [-0.25, -0.2) is 9.37 Å². The molecule has 0 aliphatic heterocycles. The molecule has 326 valence electrons. The molecular formula is C47H69ClFN5O5. The van der Waals surface area contributed by atoms with Crippen LogP contribution in [0.1, 0.15) is 117 Å². The van der Waals surface area contributed by atoms with Crippen LogP contribution in [-0.2, 0) is 27.2 Å². The summed E-state index contributed by atoms with van der Waals surface area (Å²) in [4.78, 5) is 41.7. The van der Waals surface area contributed by atoms with Gasteiger partial charge in [-0.15, -0.1) is 0 Å². The fourth-order valence-electron chi connectivity index (χ4n) is 6.76. The molecule has 2 atom stereocenters. The lowest BCUT2D eigenvalue weighted by Crippen LogP contribution is -2.49. The Bertz CT molecular complexity index is 1880. The molecule has 0 fully saturated rings. The first kappa shape index (κ1) is 50.8. The molecule has 1 aliphatic rings. The quantitative estimate of drug-likeness (QED) is 0.0515. The Morgan fingerprint density at radius 1 is 1.03 bits per heavy atom. The smallest absolute Gasteiger partial charge is 0.260 e. The van der Waals surface area contributed by atoms with E-state index in [-0.39, 0.29) is 40.1 Å². The topological polar surface area (TPSA) is 156 Å². The number of aliphatic hydroxyl groups excluding tert-OH is 1. The molecular weight excluding hydrogens is 769 g/mol. The lowest BCUT2D eigenvalue weighted by atomic mass is 9.84. The Labute approximate surface area is 357 Å². The Morgan fingerprint density at radius 2 is 1.71 bits per heavy atom. The van der Waals surface area contributed by atoms with E-state index in [9.17, 15) is 14.4 Å². The van der Waals surface area contributed by atoms with Crippen molar-refractivity contribution in [2.75, 3.05) is 32.6 Å². The molecule has 6 N–H and O–H groups in total. The molecule has 3 aromatic rings. The van der Waals surface area contributed by atoms with E-state index >= 15 is 4.39 Å². The molecule has 1 heterocycles. The van der Waals surface area contributed by atoms with Crippen molar-refractivity contribution in [1.29, 1.82) is 0 Å². The molecule has 2 aromatic carbocycles. The first-order valence-corrected chi connectivity index (χ1v) is 21.6. The third-order valence-corrected chi connectivity index (χ3v) is 11.7. The lowest BCUT2D eigenvalue weighted by molar-refractivity contribution is -0.127. The average Bonchev–Trinajstić information content (AvgIpc) is 3.73. The number of aryl methyl sites for hydroxylation is 1. The number of aromatic nitrogens is 1. The predicted octanol–water partition coefficient (Wildman–Crippen LogP) is 9.51. The number of carbonyl (C=O) groups excluding carboxylic acids is 3. The van der Waals surface area contributed by atoms with Gasteiger partial charge in [-0.1, -0.05) is 84.7 Å². The summed E-state index contributed by atoms with van der Waals surface area (Å²) in [6.45, 7) is 17.0. The molecule has 10 nitrogen and oxygen atoms in total. The maximum Gasteiger partial charge on any atom is 0.260 e. The molecule has 0 radical (unpaired) electrons. The number of nitrogens with zero attached hydrogens (tertiary/aromatic N) is 1. The van der Waals surface area contributed by atoms with Crippen LogP contribution in [0, 0.1) is 24.6 Å². The average molecular weight is 839 g/mol. The summed E-state index contributed by atoms with van der Waals surface area (Å²) in [6.07, 6.45) is 11.6. The molecule has 12 heteroatoms. The molecule has 0 spiro atoms. The number of rotatable bonds is 17. The highest BCUT2D eigenvalue weighted by molar-refractivity contribution is 6.36. The predicted molar refractivity (Wildman–Crippen MR) is 240 cm³/mol. The third-order valence-electron chi connectivity index (χ3n) is 11.3. The highest BCUT2D eigenvalue weighted by Gasteiger charge is 2.29. The number of hydrogen-bond donors (Lipinski definition) is 5. The summed E-state index contributed by atoms with van der Waals surface area (Å²) in [5.74, 6) is -0.0251. The Morgan fingerprint density at radius 3 is 2.27 bits per heavy atom. The maximum absolute atomic E-state index is 15.3. The Hall–Kier alpha value is -4.32. The van der Waals surface area contributed by atoms with Gasteiger partial charge >= 0.3 is 0 Å². The fourth-order valence-corrected chi connectivity index (χ4v) is 7.11. The van der Waals surface area contributed by atoms with Gasteiger partial charge in [-0.05, 0) is 112 Å². The molecule has 4 rings (SSSR count). The Balaban J connectivity index is 0.000000457. The SMILES string of the molecule is CCC(C)CCC(CC)(CC)NC(=O)C(C)CC.CCCO.CNC(=O)/C(=C\CN)C(=O)Nc1cccc(-c2c(F)ccc(-c3cc4c(c(OC)n3)CCC4)c2Cl)c1C. The fraction of sp³-hybridized carbons (Fsp3) is 0.532. The summed E-state index contributed by atoms with van der Waals surface area (Å²) in [6, 6.07) is 10.0. The standard InChI is InChI=1S/C28H28ClFN4O3.C16H33NO.C3H8O/c1-15-17(7-5-9-22(15)33-27(36)20(12-13-31)26(35)32-2)24-21(30)11-10-19(25(24)29)23-14-16-6-4-8-18(16)28(34-23)37-3;1-7-13(5)11-12-16(9-3,10-4)17-15(18)14(6)8-2;1-2-3-4/h5,7,9-12,14H,4,6,8,13,31H2,1-3H3,(H,32,35)(H,33,36);13-14H,7-12H2,1-6H3,(H,17,18);4H,2-3H2,1H3/b20-12+;;. The number of methoxy groups -OCH3 is 1. The van der Waals surface area contributed by atoms with Crippen LogP contribution in [0.4, 0.5) is 10.1 Å². The van der Waals surface area contributed by atoms with E-state index in [1.807, 2.05) is 19.9 Å². The number of ether oxygens (including phenoxy) is 1. The number of halogens is 2. The first-order valence-electron chi connectivity index (χ1n) is 21.2. The number of aliphatic hydroxyl groups is 1. The number of likely N-dealkylation sites (N-methyl/N-ethyl adjacent to an activating group) is 1. The van der Waals surface area contributed by atoms with E-state index < -0.39 is 17.6 Å². The highest BCUT2D eigenvalue weighted by Crippen LogP contribution is 2.42. The number of hydrogen-bond acceptors (Lipinski definition) is 7. The second kappa shape index (κ2) is 25.3. The molecule has 59 heavy (non-hydrogen) atoms. The van der Waals surface area contributed by atoms with Crippen LogP contribution in [-0.4, -0.2) is 60.7 Å². The van der Waals surface area contributed by atoms with E-state index in [4.69, 9.17) is 27.2 Å². The zero-order chi connectivity index (χ0) is 44.3. The largest absolute Gasteiger partial charge is 0.481 e. The minimum atomic E-state index is -0.625. The van der Waals surface area contributed by atoms with Gasteiger partial charge in [0.2, 0.25) is 11.8 Å². The monoisotopic (exact) mass is 837 g/mol. The summed E-state index contributed by atoms with van der Waals surface area (Å²) in [7, 11) is 3.01. The van der Waals surface area contributed by atoms with Gasteiger partial charge in [0.25, 0.3) is 11.8 Å². The zero-order valence-corrected chi connectivity index (χ0v) is 37.8. The molecule has 2 unspecified atom stereocenters. The normalized spacial score (nSPS) is 13.2. The van der Waals surface area contributed by atoms with Gasteiger partial charge < -0.3 is 31.5 Å². The number of carbonyl (C=O) groups is 3. The number of amides is 3. The van der Waals surface area contributed by atoms with E-state index in [2.05, 4.69) is 55.6 Å². The Kier molecular flexibility index (Phi) is 21.8. The number of anilines is 1. The van der Waals surface area contributed by atoms with Crippen LogP contribution in [0.3, 0.4) is 0 Å². The molecule has 1 aliphatic carbocycles. The van der Waals surface area contributed by atoms with Crippen molar-refractivity contribution in [3.63, 3.8) is 0 Å². The second-order valence-electron chi connectivity index (χ2n) is 15.2. The van der Waals surface area contributed by atoms with Crippen LogP contribution in [0.5, 0.6) is 5.88 Å². The van der Waals surface area contributed by atoms with Crippen molar-refractivity contribution >= 4 is 35.0 Å². The van der Waals surface area contributed by atoms with Crippen molar-refractivity contribution in [3.05, 3.63) is 75.6 Å². The van der Waals surface area contributed by atoms with Crippen LogP contribution < -0.4 is 26.4 Å². The summed E-state index contributed by atoms with van der Waals surface area (Å²) in [5, 5.41) is 16.6. The number of fused-ring (bicyclic) bond motifs is 1. The van der Waals surface area contributed by atoms with E-state index in [1.54, 1.807) is 38.3 Å². The summed E-state index contributed by atoms with van der Waals surface area (Å²) >= 11 is 6.83. The van der Waals surface area contributed by atoms with E-state index in [1.165, 1.54) is 32.0 Å². The first-order chi connectivity index (χ1) is 28.2. The lowest BCUT2D eigenvalue weighted by Gasteiger charge is -2.35. The van der Waals surface area contributed by atoms with Crippen molar-refractivity contribution in [2.24, 2.45) is 17.6 Å². The van der Waals surface area contributed by atoms with Crippen molar-refractivity contribution in [1.82, 2.24) is 15.6 Å². The van der Waals surface area contributed by atoms with E-state index in [0.29, 0.717) is 40.6 Å². The van der Waals surface area contributed by atoms with Crippen molar-refractivity contribution < 1.29 is 28.6 Å². The van der Waals surface area contributed by atoms with Crippen LogP contribution >= 0.6 is 11.6 Å². The molecule has 1 aromatic heterocycles. The van der Waals surface area contributed by atoms with Gasteiger partial charge in [0, 0.05) is 54.0 Å². The van der Waals surface area contributed by atoms with Gasteiger partial charge in [-0.2, -0.15) is 0 Å². The van der Waals surface area contributed by atoms with Gasteiger partial charge in [0.15, 0.2) is 0 Å². The molecule has 3 amide bonds. The molecule has 0 saturated heterocycles. The van der Waals surface area contributed by atoms with Crippen LogP contribution in [0.25, 0.3) is 22.4 Å². The zero-order valence-electron chi connectivity index (χ0n) is 37.0. The van der Waals surface area contributed by atoms with Crippen molar-refractivity contribution in [3.8, 4) is 28.3 Å². The van der Waals surface area contributed by atoms with Gasteiger partial charge in [0.05, 0.1) is 17.8 Å². The third kappa shape index (κ3) is 13.9. The van der Waals surface area contributed by atoms with Crippen LogP contribution in [0.15, 0.2) is 48.0 Å². The number of benzene rings is 2. The number of pyridine rings is 1. The minimum absolute atomic E-state index is 0.0178. The van der Waals surface area contributed by atoms with Gasteiger partial charge in [-0.3, -0.25) is 14.4 Å². The summed E-state index contributed by atoms with van der Waals surface area (Å²) < 4.78 is 20.8. The number of nitrogens with one attached hydrogen (secondary N) is 3. The van der Waals surface area contributed by atoms with Gasteiger partial charge in [0.1, 0.15) is 11.4 Å². The highest BCUT2D eigenvalue weighted by atomic mass is 35.5.